The minimum Gasteiger partial charge on any atom is -0.478 e. The number of carbonyl (C=O) groups excluding carboxylic acids is 2. The predicted octanol–water partition coefficient (Wildman–Crippen LogP) is 8.34. The molecular formula is C45H61N3O5. The van der Waals surface area contributed by atoms with Crippen molar-refractivity contribution < 1.29 is 24.6 Å². The number of benzene rings is 1. The highest BCUT2D eigenvalue weighted by Crippen LogP contribution is 2.77. The molecule has 1 aromatic heterocycles. The first kappa shape index (κ1) is 37.8. The molecule has 0 aliphatic heterocycles. The topological polar surface area (TPSA) is 129 Å². The van der Waals surface area contributed by atoms with E-state index >= 15 is 0 Å². The molecule has 53 heavy (non-hydrogen) atoms. The molecule has 7 rings (SSSR count). The molecule has 2 aromatic rings. The molecule has 1 heterocycles. The monoisotopic (exact) mass is 723 g/mol. The Morgan fingerprint density at radius 1 is 0.830 bits per heavy atom. The highest BCUT2D eigenvalue weighted by Gasteiger charge is 2.71. The van der Waals surface area contributed by atoms with Gasteiger partial charge in [-0.2, -0.15) is 0 Å². The van der Waals surface area contributed by atoms with E-state index in [0.29, 0.717) is 41.5 Å². The van der Waals surface area contributed by atoms with Crippen LogP contribution in [0, 0.1) is 56.7 Å². The number of aromatic carboxylic acids is 1. The maximum absolute atomic E-state index is 14.7. The SMILES string of the molecule is C=C(C)[C@@H]1CC[C@]2(C(=O)NCc3cccc(C(=O)NCc4cc(C(=O)O)ccn4)c3)CC[C@]3(C)C(CC[C@@H]4[C@@]5(C)CC[C@H](O)C(C)(C)C5CC[C@]43C)[C@@H]12. The number of nitrogens with zero attached hydrogens (tertiary/aromatic N) is 1. The number of carbonyl (C=O) groups is 3. The van der Waals surface area contributed by atoms with E-state index in [0.717, 1.165) is 50.5 Å². The van der Waals surface area contributed by atoms with Gasteiger partial charge in [0.2, 0.25) is 5.91 Å². The molecule has 5 aliphatic rings. The summed E-state index contributed by atoms with van der Waals surface area (Å²) in [6.45, 7) is 19.5. The summed E-state index contributed by atoms with van der Waals surface area (Å²) < 4.78 is 0. The van der Waals surface area contributed by atoms with Crippen LogP contribution in [-0.2, 0) is 17.9 Å². The number of aliphatic hydroxyl groups is 1. The first-order valence-corrected chi connectivity index (χ1v) is 20.1. The van der Waals surface area contributed by atoms with Crippen LogP contribution in [0.15, 0.2) is 54.7 Å². The van der Waals surface area contributed by atoms with Gasteiger partial charge in [-0.3, -0.25) is 14.6 Å². The molecule has 5 saturated carbocycles. The Labute approximate surface area is 316 Å². The number of aromatic nitrogens is 1. The fourth-order valence-electron chi connectivity index (χ4n) is 13.7. The molecule has 5 aliphatic carbocycles. The second-order valence-electron chi connectivity index (χ2n) is 19.1. The van der Waals surface area contributed by atoms with Gasteiger partial charge >= 0.3 is 5.97 Å². The molecule has 0 radical (unpaired) electrons. The number of aliphatic hydroxyl groups excluding tert-OH is 1. The van der Waals surface area contributed by atoms with Crippen molar-refractivity contribution in [3.63, 3.8) is 0 Å². The zero-order valence-corrected chi connectivity index (χ0v) is 32.8. The lowest BCUT2D eigenvalue weighted by Gasteiger charge is -2.72. The Hall–Kier alpha value is -3.52. The highest BCUT2D eigenvalue weighted by atomic mass is 16.4. The second kappa shape index (κ2) is 13.3. The van der Waals surface area contributed by atoms with E-state index in [9.17, 15) is 24.6 Å². The molecule has 2 unspecified atom stereocenters. The highest BCUT2D eigenvalue weighted by molar-refractivity contribution is 5.94. The molecule has 8 heteroatoms. The lowest BCUT2D eigenvalue weighted by molar-refractivity contribution is -0.246. The number of pyridine rings is 1. The Bertz CT molecular complexity index is 1810. The van der Waals surface area contributed by atoms with Crippen molar-refractivity contribution in [2.24, 2.45) is 56.7 Å². The van der Waals surface area contributed by atoms with Crippen molar-refractivity contribution in [3.05, 3.63) is 77.1 Å². The quantitative estimate of drug-likeness (QED) is 0.203. The van der Waals surface area contributed by atoms with E-state index in [4.69, 9.17) is 0 Å². The second-order valence-corrected chi connectivity index (χ2v) is 19.1. The summed E-state index contributed by atoms with van der Waals surface area (Å²) in [7, 11) is 0. The smallest absolute Gasteiger partial charge is 0.335 e. The van der Waals surface area contributed by atoms with Crippen LogP contribution in [0.4, 0.5) is 0 Å². The maximum Gasteiger partial charge on any atom is 0.335 e. The molecule has 8 nitrogen and oxygen atoms in total. The lowest BCUT2D eigenvalue weighted by atomic mass is 9.32. The summed E-state index contributed by atoms with van der Waals surface area (Å²) in [6, 6.07) is 10.2. The molecule has 5 fully saturated rings. The van der Waals surface area contributed by atoms with Gasteiger partial charge in [0.25, 0.3) is 5.91 Å². The number of allylic oxidation sites excluding steroid dienone is 1. The molecule has 0 spiro atoms. The minimum atomic E-state index is -1.04. The van der Waals surface area contributed by atoms with Crippen LogP contribution >= 0.6 is 0 Å². The van der Waals surface area contributed by atoms with Crippen molar-refractivity contribution in [1.29, 1.82) is 0 Å². The number of amides is 2. The fraction of sp³-hybridized carbons (Fsp3) is 0.644. The van der Waals surface area contributed by atoms with Gasteiger partial charge in [-0.1, -0.05) is 58.9 Å². The summed E-state index contributed by atoms with van der Waals surface area (Å²) in [6.07, 6.45) is 11.8. The van der Waals surface area contributed by atoms with Gasteiger partial charge in [0.05, 0.1) is 29.3 Å². The Balaban J connectivity index is 1.08. The summed E-state index contributed by atoms with van der Waals surface area (Å²) in [5, 5.41) is 26.6. The number of fused-ring (bicyclic) bond motifs is 7. The molecule has 4 N–H and O–H groups in total. The van der Waals surface area contributed by atoms with E-state index < -0.39 is 11.4 Å². The van der Waals surface area contributed by atoms with Crippen LogP contribution in [0.2, 0.25) is 0 Å². The molecule has 1 aromatic carbocycles. The molecule has 0 saturated heterocycles. The minimum absolute atomic E-state index is 0.0702. The molecule has 0 bridgehead atoms. The zero-order valence-electron chi connectivity index (χ0n) is 32.8. The normalized spacial score (nSPS) is 38.3. The van der Waals surface area contributed by atoms with Gasteiger partial charge in [-0.25, -0.2) is 4.79 Å². The van der Waals surface area contributed by atoms with E-state index in [1.807, 2.05) is 18.2 Å². The van der Waals surface area contributed by atoms with Crippen molar-refractivity contribution in [1.82, 2.24) is 15.6 Å². The third-order valence-corrected chi connectivity index (χ3v) is 16.6. The van der Waals surface area contributed by atoms with Crippen LogP contribution < -0.4 is 10.6 Å². The van der Waals surface area contributed by atoms with Crippen molar-refractivity contribution in [2.75, 3.05) is 0 Å². The molecular weight excluding hydrogens is 663 g/mol. The maximum atomic E-state index is 14.7. The van der Waals surface area contributed by atoms with Crippen LogP contribution in [0.25, 0.3) is 0 Å². The van der Waals surface area contributed by atoms with Gasteiger partial charge in [-0.15, -0.1) is 0 Å². The average molecular weight is 724 g/mol. The molecule has 286 valence electrons. The number of rotatable bonds is 8. The summed E-state index contributed by atoms with van der Waals surface area (Å²) >= 11 is 0. The van der Waals surface area contributed by atoms with E-state index in [1.54, 1.807) is 6.07 Å². The Morgan fingerprint density at radius 2 is 1.60 bits per heavy atom. The number of nitrogens with one attached hydrogen (secondary N) is 2. The summed E-state index contributed by atoms with van der Waals surface area (Å²) in [4.78, 5) is 43.3. The molecule has 2 amide bonds. The van der Waals surface area contributed by atoms with Gasteiger partial charge in [0.15, 0.2) is 0 Å². The largest absolute Gasteiger partial charge is 0.478 e. The summed E-state index contributed by atoms with van der Waals surface area (Å²) in [5.41, 5.74) is 3.16. The number of carboxylic acid groups (broad SMARTS) is 1. The van der Waals surface area contributed by atoms with Gasteiger partial charge in [0, 0.05) is 18.3 Å². The zero-order chi connectivity index (χ0) is 38.1. The first-order chi connectivity index (χ1) is 25.0. The first-order valence-electron chi connectivity index (χ1n) is 20.1. The van der Waals surface area contributed by atoms with Crippen molar-refractivity contribution >= 4 is 17.8 Å². The third-order valence-electron chi connectivity index (χ3n) is 16.6. The van der Waals surface area contributed by atoms with Crippen molar-refractivity contribution in [3.8, 4) is 0 Å². The Kier molecular flexibility index (Phi) is 9.52. The van der Waals surface area contributed by atoms with Crippen LogP contribution in [-0.4, -0.2) is 39.1 Å². The van der Waals surface area contributed by atoms with E-state index in [-0.39, 0.29) is 57.6 Å². The molecule has 10 atom stereocenters. The van der Waals surface area contributed by atoms with Gasteiger partial charge in [0.1, 0.15) is 0 Å². The number of carboxylic acids is 1. The average Bonchev–Trinajstić information content (AvgIpc) is 3.53. The number of hydrogen-bond donors (Lipinski definition) is 4. The number of hydrogen-bond acceptors (Lipinski definition) is 5. The summed E-state index contributed by atoms with van der Waals surface area (Å²) in [5.74, 6) is 1.01. The predicted molar refractivity (Wildman–Crippen MR) is 206 cm³/mol. The van der Waals surface area contributed by atoms with E-state index in [1.165, 1.54) is 43.2 Å². The lowest BCUT2D eigenvalue weighted by Crippen LogP contribution is -2.67. The van der Waals surface area contributed by atoms with Crippen LogP contribution in [0.5, 0.6) is 0 Å². The van der Waals surface area contributed by atoms with Gasteiger partial charge in [-0.05, 0) is 152 Å². The standard InChI is InChI=1S/C45H61N3O5/c1-27(2)32-13-19-45(40(53)48-25-28-9-8-10-29(23-28)38(50)47-26-31-24-30(39(51)52)16-22-46-31)21-20-43(6)33(37(32)45)11-12-35-42(5)17-15-36(49)41(3,4)34(42)14-18-44(35,43)7/h8-10,16,22-24,32-37,49H,1,11-15,17-21,25-26H2,2-7H3,(H,47,50)(H,48,53)(H,51,52)/t32-,33?,34?,35+,36-,37+,42-,43+,44+,45-/m0/s1. The van der Waals surface area contributed by atoms with Gasteiger partial charge < -0.3 is 20.8 Å². The van der Waals surface area contributed by atoms with Crippen LogP contribution in [0.3, 0.4) is 0 Å². The van der Waals surface area contributed by atoms with Crippen LogP contribution in [0.1, 0.15) is 138 Å². The van der Waals surface area contributed by atoms with E-state index in [2.05, 4.69) is 63.7 Å². The third kappa shape index (κ3) is 5.88. The fourth-order valence-corrected chi connectivity index (χ4v) is 13.7. The Morgan fingerprint density at radius 3 is 2.34 bits per heavy atom. The van der Waals surface area contributed by atoms with Crippen molar-refractivity contribution in [2.45, 2.75) is 125 Å².